The zero-order chi connectivity index (χ0) is 17.7. The summed E-state index contributed by atoms with van der Waals surface area (Å²) < 4.78 is 18.2. The van der Waals surface area contributed by atoms with Gasteiger partial charge in [-0.05, 0) is 30.4 Å². The van der Waals surface area contributed by atoms with Crippen molar-refractivity contribution in [2.24, 2.45) is 23.7 Å². The molecular weight excluding hydrogens is 327 g/mol. The van der Waals surface area contributed by atoms with Crippen LogP contribution in [0.5, 0.6) is 5.75 Å². The van der Waals surface area contributed by atoms with E-state index in [1.54, 1.807) is 0 Å². The fraction of sp³-hybridized carbons (Fsp3) is 0.389. The molecule has 1 N–H and O–H groups in total. The zero-order valence-electron chi connectivity index (χ0n) is 13.6. The molecule has 3 aliphatic rings. The molecule has 0 aromatic heterocycles. The number of anilines is 1. The number of fused-ring (bicyclic) bond motifs is 5. The fourth-order valence-corrected chi connectivity index (χ4v) is 4.22. The van der Waals surface area contributed by atoms with E-state index < -0.39 is 11.7 Å². The maximum absolute atomic E-state index is 13.2. The molecule has 2 aliphatic carbocycles. The molecule has 130 valence electrons. The van der Waals surface area contributed by atoms with Crippen LogP contribution in [0, 0.1) is 29.5 Å². The molecule has 4 rings (SSSR count). The molecule has 1 saturated heterocycles. The molecule has 3 amide bonds. The number of rotatable bonds is 4. The topological polar surface area (TPSA) is 75.7 Å². The number of nitrogens with one attached hydrogen (secondary N) is 1. The van der Waals surface area contributed by atoms with Crippen LogP contribution in [-0.2, 0) is 14.4 Å². The van der Waals surface area contributed by atoms with E-state index in [0.717, 1.165) is 17.4 Å². The summed E-state index contributed by atoms with van der Waals surface area (Å²) in [5.74, 6) is -1.81. The lowest BCUT2D eigenvalue weighted by Crippen LogP contribution is -2.39. The van der Waals surface area contributed by atoms with E-state index in [2.05, 4.69) is 5.32 Å². The first-order valence-electron chi connectivity index (χ1n) is 8.16. The van der Waals surface area contributed by atoms with Crippen LogP contribution in [-0.4, -0.2) is 36.3 Å². The predicted molar refractivity (Wildman–Crippen MR) is 86.0 cm³/mol. The number of amides is 3. The standard InChI is InChI=1S/C18H17FN2O4/c1-25-13-7-11(19)4-5-12(13)20-14(22)8-21-17(23)15-9-2-3-10(6-9)16(15)18(21)24/h2-5,7,9-10,15-16H,6,8H2,1H3,(H,20,22)/t9-,10-,15-,16-/m0/s1. The van der Waals surface area contributed by atoms with Crippen molar-refractivity contribution in [1.29, 1.82) is 0 Å². The Kier molecular flexibility index (Phi) is 3.59. The Bertz CT molecular complexity index is 776. The zero-order valence-corrected chi connectivity index (χ0v) is 13.6. The average molecular weight is 344 g/mol. The van der Waals surface area contributed by atoms with E-state index in [1.807, 2.05) is 12.2 Å². The number of hydrogen-bond donors (Lipinski definition) is 1. The number of ether oxygens (including phenoxy) is 1. The van der Waals surface area contributed by atoms with Crippen LogP contribution in [0.25, 0.3) is 0 Å². The van der Waals surface area contributed by atoms with Crippen molar-refractivity contribution in [2.75, 3.05) is 19.0 Å². The lowest BCUT2D eigenvalue weighted by Gasteiger charge is -2.17. The summed E-state index contributed by atoms with van der Waals surface area (Å²) in [6.45, 7) is -0.343. The minimum absolute atomic E-state index is 0.108. The van der Waals surface area contributed by atoms with Gasteiger partial charge in [0.2, 0.25) is 17.7 Å². The Morgan fingerprint density at radius 3 is 2.48 bits per heavy atom. The summed E-state index contributed by atoms with van der Waals surface area (Å²) in [4.78, 5) is 38.5. The van der Waals surface area contributed by atoms with Gasteiger partial charge in [-0.15, -0.1) is 0 Å². The molecule has 2 fully saturated rings. The van der Waals surface area contributed by atoms with E-state index in [9.17, 15) is 18.8 Å². The largest absolute Gasteiger partial charge is 0.494 e. The molecule has 2 bridgehead atoms. The average Bonchev–Trinajstić information content (AvgIpc) is 3.26. The fourth-order valence-electron chi connectivity index (χ4n) is 4.22. The highest BCUT2D eigenvalue weighted by molar-refractivity contribution is 6.09. The van der Waals surface area contributed by atoms with Crippen molar-refractivity contribution in [3.05, 3.63) is 36.2 Å². The van der Waals surface area contributed by atoms with Crippen molar-refractivity contribution in [1.82, 2.24) is 4.90 Å². The van der Waals surface area contributed by atoms with Crippen LogP contribution in [0.3, 0.4) is 0 Å². The van der Waals surface area contributed by atoms with Gasteiger partial charge in [0.05, 0.1) is 24.6 Å². The normalized spacial score (nSPS) is 29.3. The second-order valence-electron chi connectivity index (χ2n) is 6.66. The molecule has 7 heteroatoms. The Labute approximate surface area is 143 Å². The van der Waals surface area contributed by atoms with Crippen LogP contribution in [0.15, 0.2) is 30.4 Å². The number of methoxy groups -OCH3 is 1. The highest BCUT2D eigenvalue weighted by atomic mass is 19.1. The smallest absolute Gasteiger partial charge is 0.244 e. The van der Waals surface area contributed by atoms with Crippen LogP contribution in [0.1, 0.15) is 6.42 Å². The minimum atomic E-state index is -0.521. The number of nitrogens with zero attached hydrogens (tertiary/aromatic N) is 1. The molecule has 1 aromatic rings. The van der Waals surface area contributed by atoms with E-state index in [1.165, 1.54) is 19.2 Å². The van der Waals surface area contributed by atoms with Gasteiger partial charge in [0.1, 0.15) is 18.1 Å². The predicted octanol–water partition coefficient (Wildman–Crippen LogP) is 1.58. The van der Waals surface area contributed by atoms with E-state index in [-0.39, 0.29) is 53.5 Å². The summed E-state index contributed by atoms with van der Waals surface area (Å²) >= 11 is 0. The monoisotopic (exact) mass is 344 g/mol. The number of benzene rings is 1. The maximum Gasteiger partial charge on any atom is 0.244 e. The first-order valence-corrected chi connectivity index (χ1v) is 8.16. The Morgan fingerprint density at radius 1 is 1.24 bits per heavy atom. The van der Waals surface area contributed by atoms with Crippen molar-refractivity contribution in [3.8, 4) is 5.75 Å². The third-order valence-electron chi connectivity index (χ3n) is 5.30. The van der Waals surface area contributed by atoms with Gasteiger partial charge < -0.3 is 10.1 Å². The summed E-state index contributed by atoms with van der Waals surface area (Å²) in [7, 11) is 1.36. The van der Waals surface area contributed by atoms with Crippen LogP contribution >= 0.6 is 0 Å². The summed E-state index contributed by atoms with van der Waals surface area (Å²) in [6, 6.07) is 3.71. The third-order valence-corrected chi connectivity index (χ3v) is 5.30. The molecule has 1 aliphatic heterocycles. The van der Waals surface area contributed by atoms with Gasteiger partial charge in [-0.3, -0.25) is 19.3 Å². The van der Waals surface area contributed by atoms with Gasteiger partial charge in [0, 0.05) is 6.07 Å². The molecule has 6 nitrogen and oxygen atoms in total. The molecule has 1 saturated carbocycles. The van der Waals surface area contributed by atoms with Gasteiger partial charge in [-0.1, -0.05) is 12.2 Å². The molecule has 4 atom stereocenters. The number of halogens is 1. The number of carbonyl (C=O) groups is 3. The van der Waals surface area contributed by atoms with Crippen molar-refractivity contribution >= 4 is 23.4 Å². The number of imide groups is 1. The minimum Gasteiger partial charge on any atom is -0.494 e. The molecule has 1 aromatic carbocycles. The van der Waals surface area contributed by atoms with Gasteiger partial charge in [0.15, 0.2) is 0 Å². The molecule has 25 heavy (non-hydrogen) atoms. The number of carbonyl (C=O) groups excluding carboxylic acids is 3. The highest BCUT2D eigenvalue weighted by Crippen LogP contribution is 2.52. The van der Waals surface area contributed by atoms with Crippen molar-refractivity contribution in [3.63, 3.8) is 0 Å². The molecule has 1 heterocycles. The SMILES string of the molecule is COc1cc(F)ccc1NC(=O)CN1C(=O)[C@@H]2[C@@H](C1=O)[C@H]1C=C[C@H]2C1. The Balaban J connectivity index is 1.47. The second kappa shape index (κ2) is 5.68. The third kappa shape index (κ3) is 2.42. The maximum atomic E-state index is 13.2. The van der Waals surface area contributed by atoms with Gasteiger partial charge >= 0.3 is 0 Å². The lowest BCUT2D eigenvalue weighted by atomic mass is 9.85. The number of likely N-dealkylation sites (tertiary alicyclic amines) is 1. The number of hydrogen-bond acceptors (Lipinski definition) is 4. The van der Waals surface area contributed by atoms with Gasteiger partial charge in [0.25, 0.3) is 0 Å². The van der Waals surface area contributed by atoms with Crippen LogP contribution in [0.4, 0.5) is 10.1 Å². The van der Waals surface area contributed by atoms with Crippen LogP contribution in [0.2, 0.25) is 0 Å². The molecule has 0 unspecified atom stereocenters. The van der Waals surface area contributed by atoms with Gasteiger partial charge in [-0.2, -0.15) is 0 Å². The van der Waals surface area contributed by atoms with E-state index in [4.69, 9.17) is 4.74 Å². The quantitative estimate of drug-likeness (QED) is 0.665. The molecular formula is C18H17FN2O4. The summed E-state index contributed by atoms with van der Waals surface area (Å²) in [6.07, 6.45) is 4.85. The summed E-state index contributed by atoms with van der Waals surface area (Å²) in [5.41, 5.74) is 0.287. The Hall–Kier alpha value is -2.70. The Morgan fingerprint density at radius 2 is 1.88 bits per heavy atom. The molecule has 0 radical (unpaired) electrons. The summed E-state index contributed by atoms with van der Waals surface area (Å²) in [5, 5.41) is 2.57. The van der Waals surface area contributed by atoms with E-state index in [0.29, 0.717) is 0 Å². The first-order chi connectivity index (χ1) is 12.0. The molecule has 0 spiro atoms. The van der Waals surface area contributed by atoms with Crippen molar-refractivity contribution in [2.45, 2.75) is 6.42 Å². The second-order valence-corrected chi connectivity index (χ2v) is 6.66. The van der Waals surface area contributed by atoms with E-state index >= 15 is 0 Å². The number of allylic oxidation sites excluding steroid dienone is 2. The van der Waals surface area contributed by atoms with Gasteiger partial charge in [-0.25, -0.2) is 4.39 Å². The highest BCUT2D eigenvalue weighted by Gasteiger charge is 2.59. The van der Waals surface area contributed by atoms with Crippen molar-refractivity contribution < 1.29 is 23.5 Å². The lowest BCUT2D eigenvalue weighted by molar-refractivity contribution is -0.143. The first kappa shape index (κ1) is 15.8. The van der Waals surface area contributed by atoms with Crippen LogP contribution < -0.4 is 10.1 Å².